The van der Waals surface area contributed by atoms with E-state index >= 15 is 0 Å². The Balaban J connectivity index is 1.70. The van der Waals surface area contributed by atoms with Gasteiger partial charge in [-0.3, -0.25) is 4.79 Å². The number of methoxy groups -OCH3 is 1. The number of aliphatic hydroxyl groups is 1. The molecule has 212 valence electrons. The Kier molecular flexibility index (Phi) is 7.36. The fourth-order valence-electron chi connectivity index (χ4n) is 4.25. The zero-order valence-corrected chi connectivity index (χ0v) is 20.9. The number of fused-ring (bicyclic) bond motifs is 1. The summed E-state index contributed by atoms with van der Waals surface area (Å²) >= 11 is 0. The Morgan fingerprint density at radius 3 is 2.40 bits per heavy atom. The molecule has 1 unspecified atom stereocenters. The van der Waals surface area contributed by atoms with Crippen molar-refractivity contribution in [2.75, 3.05) is 19.4 Å². The summed E-state index contributed by atoms with van der Waals surface area (Å²) in [4.78, 5) is 20.8. The van der Waals surface area contributed by atoms with Crippen molar-refractivity contribution in [2.45, 2.75) is 31.3 Å². The summed E-state index contributed by atoms with van der Waals surface area (Å²) in [7, 11) is 1.19. The summed E-state index contributed by atoms with van der Waals surface area (Å²) in [6.45, 7) is 0.839. The van der Waals surface area contributed by atoms with Gasteiger partial charge in [-0.05, 0) is 24.6 Å². The van der Waals surface area contributed by atoms with Crippen molar-refractivity contribution in [3.05, 3.63) is 71.2 Å². The average Bonchev–Trinajstić information content (AvgIpc) is 3.29. The molecule has 15 heteroatoms. The minimum Gasteiger partial charge on any atom is -0.480 e. The minimum atomic E-state index is -5.05. The lowest BCUT2D eigenvalue weighted by Crippen LogP contribution is -2.45. The number of benzene rings is 1. The lowest BCUT2D eigenvalue weighted by molar-refractivity contribution is -0.268. The monoisotopic (exact) mass is 568 g/mol. The molecule has 0 aliphatic carbocycles. The second kappa shape index (κ2) is 10.3. The number of nitrogen functional groups attached to an aromatic ring is 1. The van der Waals surface area contributed by atoms with Crippen LogP contribution < -0.4 is 15.8 Å². The first kappa shape index (κ1) is 28.6. The number of alkyl halides is 6. The molecule has 0 saturated carbocycles. The molecule has 0 radical (unpaired) electrons. The lowest BCUT2D eigenvalue weighted by atomic mass is 9.89. The number of aromatic nitrogens is 4. The zero-order valence-electron chi connectivity index (χ0n) is 20.9. The summed E-state index contributed by atoms with van der Waals surface area (Å²) in [5.74, 6) is -1.59. The van der Waals surface area contributed by atoms with Gasteiger partial charge < -0.3 is 20.9 Å². The van der Waals surface area contributed by atoms with E-state index in [-0.39, 0.29) is 28.4 Å². The Hall–Kier alpha value is -4.40. The summed E-state index contributed by atoms with van der Waals surface area (Å²) in [6.07, 6.45) is -9.83. The van der Waals surface area contributed by atoms with Crippen LogP contribution in [0.1, 0.15) is 33.6 Å². The maximum Gasteiger partial charge on any atom is 0.421 e. The molecule has 4 rings (SSSR count). The van der Waals surface area contributed by atoms with Crippen LogP contribution in [0.25, 0.3) is 16.8 Å². The van der Waals surface area contributed by atoms with E-state index in [9.17, 15) is 36.2 Å². The van der Waals surface area contributed by atoms with E-state index in [1.165, 1.54) is 38.3 Å². The number of ether oxygens (including phenoxy) is 1. The molecule has 4 N–H and O–H groups in total. The van der Waals surface area contributed by atoms with E-state index in [0.717, 1.165) is 29.0 Å². The van der Waals surface area contributed by atoms with Gasteiger partial charge in [-0.2, -0.15) is 31.4 Å². The third kappa shape index (κ3) is 5.11. The van der Waals surface area contributed by atoms with Gasteiger partial charge in [0.1, 0.15) is 17.4 Å². The maximum atomic E-state index is 13.8. The molecule has 3 aromatic heterocycles. The van der Waals surface area contributed by atoms with Crippen LogP contribution in [-0.4, -0.2) is 50.4 Å². The molecule has 1 aromatic carbocycles. The van der Waals surface area contributed by atoms with Crippen LogP contribution in [0, 0.1) is 6.92 Å². The van der Waals surface area contributed by atoms with Gasteiger partial charge >= 0.3 is 12.4 Å². The third-order valence-corrected chi connectivity index (χ3v) is 6.27. The predicted molar refractivity (Wildman–Crippen MR) is 130 cm³/mol. The Morgan fingerprint density at radius 2 is 1.80 bits per heavy atom. The summed E-state index contributed by atoms with van der Waals surface area (Å²) < 4.78 is 88.7. The van der Waals surface area contributed by atoms with E-state index in [2.05, 4.69) is 20.4 Å². The van der Waals surface area contributed by atoms with Gasteiger partial charge in [-0.1, -0.05) is 30.3 Å². The van der Waals surface area contributed by atoms with Gasteiger partial charge in [0, 0.05) is 18.5 Å². The van der Waals surface area contributed by atoms with Crippen molar-refractivity contribution in [1.82, 2.24) is 24.9 Å². The second-order valence-corrected chi connectivity index (χ2v) is 8.75. The number of carbonyl (C=O) groups is 1. The van der Waals surface area contributed by atoms with Gasteiger partial charge in [0.05, 0.1) is 24.1 Å². The Labute approximate surface area is 222 Å². The van der Waals surface area contributed by atoms with Gasteiger partial charge in [0.2, 0.25) is 5.88 Å². The highest BCUT2D eigenvalue weighted by Crippen LogP contribution is 2.42. The largest absolute Gasteiger partial charge is 0.480 e. The Morgan fingerprint density at radius 1 is 1.12 bits per heavy atom. The first-order valence-electron chi connectivity index (χ1n) is 11.6. The number of carbonyl (C=O) groups excluding carboxylic acids is 1. The average molecular weight is 568 g/mol. The first-order chi connectivity index (χ1) is 18.7. The van der Waals surface area contributed by atoms with E-state index in [4.69, 9.17) is 10.5 Å². The van der Waals surface area contributed by atoms with Crippen molar-refractivity contribution >= 4 is 17.2 Å². The summed E-state index contributed by atoms with van der Waals surface area (Å²) in [5, 5.41) is 16.7. The number of nitrogens with two attached hydrogens (primary N) is 1. The van der Waals surface area contributed by atoms with Gasteiger partial charge in [-0.25, -0.2) is 14.5 Å². The lowest BCUT2D eigenvalue weighted by Gasteiger charge is -2.31. The number of amides is 1. The van der Waals surface area contributed by atoms with E-state index in [1.54, 1.807) is 0 Å². The van der Waals surface area contributed by atoms with Crippen LogP contribution in [0.2, 0.25) is 0 Å². The highest BCUT2D eigenvalue weighted by Gasteiger charge is 2.54. The number of rotatable bonds is 7. The van der Waals surface area contributed by atoms with Crippen LogP contribution >= 0.6 is 0 Å². The minimum absolute atomic E-state index is 0.0469. The van der Waals surface area contributed by atoms with Crippen LogP contribution in [0.5, 0.6) is 5.88 Å². The molecule has 40 heavy (non-hydrogen) atoms. The zero-order chi connectivity index (χ0) is 29.5. The van der Waals surface area contributed by atoms with Crippen LogP contribution in [-0.2, 0) is 11.8 Å². The van der Waals surface area contributed by atoms with Crippen LogP contribution in [0.3, 0.4) is 0 Å². The summed E-state index contributed by atoms with van der Waals surface area (Å²) in [6, 6.07) is 8.35. The highest BCUT2D eigenvalue weighted by atomic mass is 19.4. The number of hydrogen-bond donors (Lipinski definition) is 3. The Bertz CT molecular complexity index is 1550. The van der Waals surface area contributed by atoms with Crippen LogP contribution in [0.4, 0.5) is 32.2 Å². The fraction of sp³-hybridized carbons (Fsp3) is 0.280. The molecule has 1 amide bonds. The number of nitrogens with zero attached hydrogens (tertiary/aromatic N) is 4. The topological polar surface area (TPSA) is 128 Å². The predicted octanol–water partition coefficient (Wildman–Crippen LogP) is 4.28. The molecule has 0 bridgehead atoms. The SMILES string of the molecule is COc1nc(C)c(-c2cc(C(F)(F)F)c3c(N)ncnn23)cc1C(=O)NCCC(O)(c1ccccc1)C(F)(F)F. The molecule has 4 aromatic rings. The molecule has 3 heterocycles. The third-order valence-electron chi connectivity index (χ3n) is 6.27. The van der Waals surface area contributed by atoms with Crippen molar-refractivity contribution < 1.29 is 41.0 Å². The summed E-state index contributed by atoms with van der Waals surface area (Å²) in [5.41, 5.74) is 0.240. The van der Waals surface area contributed by atoms with Crippen molar-refractivity contribution in [3.8, 4) is 17.1 Å². The van der Waals surface area contributed by atoms with Crippen LogP contribution in [0.15, 0.2) is 48.8 Å². The van der Waals surface area contributed by atoms with E-state index in [0.29, 0.717) is 0 Å². The van der Waals surface area contributed by atoms with Gasteiger partial charge in [-0.15, -0.1) is 0 Å². The molecule has 1 atom stereocenters. The molecular weight excluding hydrogens is 546 g/mol. The number of aryl methyl sites for hydroxylation is 1. The van der Waals surface area contributed by atoms with E-state index in [1.807, 2.05) is 0 Å². The number of hydrogen-bond acceptors (Lipinski definition) is 7. The number of halogens is 6. The molecule has 0 spiro atoms. The standard InChI is InChI=1S/C25H22F6N6O3/c1-13-15(18-11-17(24(26,27)28)19-20(32)34-12-35-37(18)19)10-16(22(36-13)40-2)21(38)33-9-8-23(39,25(29,30)31)14-6-4-3-5-7-14/h3-7,10-12,39H,8-9H2,1-2H3,(H,33,38)(H2,32,34,35). The first-order valence-corrected chi connectivity index (χ1v) is 11.6. The molecule has 0 saturated heterocycles. The van der Waals surface area contributed by atoms with Gasteiger partial charge in [0.25, 0.3) is 5.91 Å². The quantitative estimate of drug-likeness (QED) is 0.284. The second-order valence-electron chi connectivity index (χ2n) is 8.75. The smallest absolute Gasteiger partial charge is 0.421 e. The van der Waals surface area contributed by atoms with Gasteiger partial charge in [0.15, 0.2) is 11.4 Å². The fourth-order valence-corrected chi connectivity index (χ4v) is 4.25. The van der Waals surface area contributed by atoms with Crippen molar-refractivity contribution in [3.63, 3.8) is 0 Å². The normalized spacial score (nSPS) is 13.7. The highest BCUT2D eigenvalue weighted by molar-refractivity contribution is 5.98. The van der Waals surface area contributed by atoms with E-state index < -0.39 is 59.3 Å². The molecular formula is C25H22F6N6O3. The molecule has 0 aliphatic heterocycles. The number of nitrogens with one attached hydrogen (secondary N) is 1. The molecule has 0 fully saturated rings. The van der Waals surface area contributed by atoms with Crippen molar-refractivity contribution in [2.24, 2.45) is 0 Å². The van der Waals surface area contributed by atoms with Crippen molar-refractivity contribution in [1.29, 1.82) is 0 Å². The molecule has 9 nitrogen and oxygen atoms in total. The number of anilines is 1. The molecule has 0 aliphatic rings. The number of pyridine rings is 1. The maximum absolute atomic E-state index is 13.8.